The maximum absolute atomic E-state index is 13.3. The van der Waals surface area contributed by atoms with Crippen molar-refractivity contribution in [3.05, 3.63) is 35.1 Å². The predicted molar refractivity (Wildman–Crippen MR) is 75.7 cm³/mol. The second kappa shape index (κ2) is 8.31. The number of amides is 1. The summed E-state index contributed by atoms with van der Waals surface area (Å²) in [6.07, 6.45) is 0. The lowest BCUT2D eigenvalue weighted by atomic mass is 10.1. The molecule has 0 bridgehead atoms. The Balaban J connectivity index is 2.83. The fraction of sp³-hybridized carbons (Fsp3) is 0.400. The van der Waals surface area contributed by atoms with Crippen LogP contribution in [0.25, 0.3) is 0 Å². The number of ether oxygens (including phenoxy) is 1. The van der Waals surface area contributed by atoms with Gasteiger partial charge in [-0.2, -0.15) is 0 Å². The molecule has 0 aliphatic heterocycles. The van der Waals surface area contributed by atoms with Crippen molar-refractivity contribution >= 4 is 5.91 Å². The first kappa shape index (κ1) is 16.2. The van der Waals surface area contributed by atoms with Gasteiger partial charge in [0.1, 0.15) is 5.82 Å². The fourth-order valence-corrected chi connectivity index (χ4v) is 1.67. The summed E-state index contributed by atoms with van der Waals surface area (Å²) in [5, 5.41) is 2.74. The first-order chi connectivity index (χ1) is 9.58. The molecular weight excluding hydrogens is 259 g/mol. The van der Waals surface area contributed by atoms with Gasteiger partial charge in [-0.05, 0) is 24.1 Å². The van der Waals surface area contributed by atoms with Crippen LogP contribution in [0, 0.1) is 23.6 Å². The first-order valence-corrected chi connectivity index (χ1v) is 6.34. The molecule has 0 saturated carbocycles. The van der Waals surface area contributed by atoms with Crippen molar-refractivity contribution in [3.63, 3.8) is 0 Å². The Morgan fingerprint density at radius 3 is 2.95 bits per heavy atom. The van der Waals surface area contributed by atoms with Crippen molar-refractivity contribution in [2.75, 3.05) is 26.8 Å². The van der Waals surface area contributed by atoms with Gasteiger partial charge in [0.05, 0.1) is 18.7 Å². The van der Waals surface area contributed by atoms with E-state index < -0.39 is 5.82 Å². The van der Waals surface area contributed by atoms with Crippen LogP contribution < -0.4 is 11.1 Å². The van der Waals surface area contributed by atoms with Crippen molar-refractivity contribution in [1.29, 1.82) is 0 Å². The monoisotopic (exact) mass is 278 g/mol. The summed E-state index contributed by atoms with van der Waals surface area (Å²) in [6.45, 7) is 3.13. The summed E-state index contributed by atoms with van der Waals surface area (Å²) in [4.78, 5) is 12.1. The number of benzene rings is 1. The lowest BCUT2D eigenvalue weighted by Gasteiger charge is -2.12. The van der Waals surface area contributed by atoms with Gasteiger partial charge in [0, 0.05) is 19.2 Å². The Labute approximate surface area is 118 Å². The number of halogens is 1. The number of carbonyl (C=O) groups excluding carboxylic acids is 1. The number of rotatable bonds is 5. The average Bonchev–Trinajstić information content (AvgIpc) is 2.43. The van der Waals surface area contributed by atoms with Crippen LogP contribution in [0.15, 0.2) is 18.2 Å². The van der Waals surface area contributed by atoms with E-state index in [4.69, 9.17) is 10.5 Å². The molecule has 0 saturated heterocycles. The molecule has 0 aliphatic rings. The van der Waals surface area contributed by atoms with Crippen LogP contribution >= 0.6 is 0 Å². The van der Waals surface area contributed by atoms with E-state index >= 15 is 0 Å². The second-order valence-electron chi connectivity index (χ2n) is 4.47. The molecule has 0 aliphatic carbocycles. The molecule has 0 spiro atoms. The summed E-state index contributed by atoms with van der Waals surface area (Å²) >= 11 is 0. The van der Waals surface area contributed by atoms with E-state index in [0.717, 1.165) is 0 Å². The lowest BCUT2D eigenvalue weighted by molar-refractivity contribution is 0.0933. The first-order valence-electron chi connectivity index (χ1n) is 6.34. The molecule has 5 heteroatoms. The van der Waals surface area contributed by atoms with Crippen LogP contribution in [-0.2, 0) is 4.74 Å². The van der Waals surface area contributed by atoms with Crippen molar-refractivity contribution < 1.29 is 13.9 Å². The zero-order valence-corrected chi connectivity index (χ0v) is 11.7. The topological polar surface area (TPSA) is 64.3 Å². The lowest BCUT2D eigenvalue weighted by Crippen LogP contribution is -2.30. The third-order valence-electron chi connectivity index (χ3n) is 2.61. The van der Waals surface area contributed by atoms with Gasteiger partial charge < -0.3 is 15.8 Å². The van der Waals surface area contributed by atoms with Crippen LogP contribution in [0.5, 0.6) is 0 Å². The number of nitrogens with two attached hydrogens (primary N) is 1. The van der Waals surface area contributed by atoms with Crippen LogP contribution in [0.4, 0.5) is 4.39 Å². The zero-order valence-electron chi connectivity index (χ0n) is 11.7. The normalized spacial score (nSPS) is 11.4. The Morgan fingerprint density at radius 2 is 2.30 bits per heavy atom. The molecule has 0 radical (unpaired) electrons. The van der Waals surface area contributed by atoms with E-state index in [1.807, 2.05) is 6.92 Å². The SMILES string of the molecule is COCC(C)CNC(=O)c1cc(F)ccc1C#CCN. The second-order valence-corrected chi connectivity index (χ2v) is 4.47. The van der Waals surface area contributed by atoms with Gasteiger partial charge in [0.2, 0.25) is 0 Å². The molecule has 3 N–H and O–H groups in total. The van der Waals surface area contributed by atoms with Gasteiger partial charge in [-0.3, -0.25) is 4.79 Å². The van der Waals surface area contributed by atoms with Gasteiger partial charge in [-0.15, -0.1) is 0 Å². The third kappa shape index (κ3) is 5.00. The van der Waals surface area contributed by atoms with Gasteiger partial charge in [-0.25, -0.2) is 4.39 Å². The quantitative estimate of drug-likeness (QED) is 0.794. The molecule has 20 heavy (non-hydrogen) atoms. The minimum absolute atomic E-state index is 0.177. The van der Waals surface area contributed by atoms with E-state index in [9.17, 15) is 9.18 Å². The molecule has 1 rings (SSSR count). The van der Waals surface area contributed by atoms with Crippen molar-refractivity contribution in [2.45, 2.75) is 6.92 Å². The standard InChI is InChI=1S/C15H19FN2O2/c1-11(10-20-2)9-18-15(19)14-8-13(16)6-5-12(14)4-3-7-17/h5-6,8,11H,7,9-10,17H2,1-2H3,(H,18,19). The fourth-order valence-electron chi connectivity index (χ4n) is 1.67. The highest BCUT2D eigenvalue weighted by Gasteiger charge is 2.12. The number of hydrogen-bond acceptors (Lipinski definition) is 3. The average molecular weight is 278 g/mol. The van der Waals surface area contributed by atoms with Crippen molar-refractivity contribution in [1.82, 2.24) is 5.32 Å². The molecule has 1 aromatic rings. The third-order valence-corrected chi connectivity index (χ3v) is 2.61. The van der Waals surface area contributed by atoms with E-state index in [2.05, 4.69) is 17.2 Å². The molecular formula is C15H19FN2O2. The number of carbonyl (C=O) groups is 1. The molecule has 0 fully saturated rings. The highest BCUT2D eigenvalue weighted by molar-refractivity contribution is 5.96. The molecule has 0 heterocycles. The van der Waals surface area contributed by atoms with E-state index in [1.54, 1.807) is 7.11 Å². The van der Waals surface area contributed by atoms with E-state index in [0.29, 0.717) is 18.7 Å². The minimum atomic E-state index is -0.474. The molecule has 0 aromatic heterocycles. The highest BCUT2D eigenvalue weighted by atomic mass is 19.1. The number of nitrogens with one attached hydrogen (secondary N) is 1. The van der Waals surface area contributed by atoms with Gasteiger partial charge in [-0.1, -0.05) is 18.8 Å². The summed E-state index contributed by atoms with van der Waals surface area (Å²) in [5.74, 6) is 4.78. The van der Waals surface area contributed by atoms with Crippen molar-refractivity contribution in [2.24, 2.45) is 11.7 Å². The summed E-state index contributed by atoms with van der Waals surface area (Å²) < 4.78 is 18.3. The van der Waals surface area contributed by atoms with Crippen LogP contribution in [0.3, 0.4) is 0 Å². The summed E-state index contributed by atoms with van der Waals surface area (Å²) in [6, 6.07) is 3.92. The number of methoxy groups -OCH3 is 1. The van der Waals surface area contributed by atoms with E-state index in [1.165, 1.54) is 18.2 Å². The van der Waals surface area contributed by atoms with Crippen LogP contribution in [0.2, 0.25) is 0 Å². The van der Waals surface area contributed by atoms with Gasteiger partial charge in [0.25, 0.3) is 5.91 Å². The molecule has 108 valence electrons. The summed E-state index contributed by atoms with van der Waals surface area (Å²) in [5.41, 5.74) is 5.99. The minimum Gasteiger partial charge on any atom is -0.384 e. The Kier molecular flexibility index (Phi) is 6.71. The molecule has 4 nitrogen and oxygen atoms in total. The smallest absolute Gasteiger partial charge is 0.252 e. The Morgan fingerprint density at radius 1 is 1.55 bits per heavy atom. The maximum Gasteiger partial charge on any atom is 0.252 e. The van der Waals surface area contributed by atoms with Gasteiger partial charge in [0.15, 0.2) is 0 Å². The highest BCUT2D eigenvalue weighted by Crippen LogP contribution is 2.10. The Bertz CT molecular complexity index is 520. The largest absolute Gasteiger partial charge is 0.384 e. The van der Waals surface area contributed by atoms with Crippen LogP contribution in [0.1, 0.15) is 22.8 Å². The molecule has 1 amide bonds. The van der Waals surface area contributed by atoms with Crippen LogP contribution in [-0.4, -0.2) is 32.7 Å². The predicted octanol–water partition coefficient (Wildman–Crippen LogP) is 1.15. The molecule has 1 aromatic carbocycles. The zero-order chi connectivity index (χ0) is 15.0. The van der Waals surface area contributed by atoms with Crippen molar-refractivity contribution in [3.8, 4) is 11.8 Å². The maximum atomic E-state index is 13.3. The Hall–Kier alpha value is -1.90. The number of hydrogen-bond donors (Lipinski definition) is 2. The molecule has 1 atom stereocenters. The molecule has 1 unspecified atom stereocenters. The van der Waals surface area contributed by atoms with E-state index in [-0.39, 0.29) is 23.9 Å². The van der Waals surface area contributed by atoms with Gasteiger partial charge >= 0.3 is 0 Å². The summed E-state index contributed by atoms with van der Waals surface area (Å²) in [7, 11) is 1.60.